The number of hydrogen-bond donors (Lipinski definition) is 2. The minimum absolute atomic E-state index is 0.127. The molecule has 0 unspecified atom stereocenters. The monoisotopic (exact) mass is 247 g/mol. The van der Waals surface area contributed by atoms with Gasteiger partial charge in [0.25, 0.3) is 5.91 Å². The third-order valence-electron chi connectivity index (χ3n) is 2.45. The van der Waals surface area contributed by atoms with Crippen LogP contribution >= 0.6 is 0 Å². The van der Waals surface area contributed by atoms with Crippen molar-refractivity contribution in [3.05, 3.63) is 36.7 Å². The SMILES string of the molecule is C=CCNc1ccnc(C(=O)NCCC(C)C)c1. The van der Waals surface area contributed by atoms with Crippen molar-refractivity contribution in [1.29, 1.82) is 0 Å². The number of anilines is 1. The van der Waals surface area contributed by atoms with Crippen molar-refractivity contribution in [3.8, 4) is 0 Å². The second-order valence-corrected chi connectivity index (χ2v) is 4.54. The smallest absolute Gasteiger partial charge is 0.269 e. The van der Waals surface area contributed by atoms with Crippen LogP contribution in [0.25, 0.3) is 0 Å². The van der Waals surface area contributed by atoms with E-state index >= 15 is 0 Å². The zero-order chi connectivity index (χ0) is 13.4. The maximum atomic E-state index is 11.8. The molecular formula is C14H21N3O. The number of rotatable bonds is 7. The molecule has 0 bridgehead atoms. The Morgan fingerprint density at radius 1 is 1.56 bits per heavy atom. The number of carbonyl (C=O) groups is 1. The van der Waals surface area contributed by atoms with Gasteiger partial charge in [0, 0.05) is 25.0 Å². The summed E-state index contributed by atoms with van der Waals surface area (Å²) < 4.78 is 0. The van der Waals surface area contributed by atoms with E-state index in [1.165, 1.54) is 0 Å². The van der Waals surface area contributed by atoms with E-state index in [0.29, 0.717) is 24.7 Å². The molecule has 0 saturated heterocycles. The Hall–Kier alpha value is -1.84. The third-order valence-corrected chi connectivity index (χ3v) is 2.45. The normalized spacial score (nSPS) is 10.2. The number of nitrogens with one attached hydrogen (secondary N) is 2. The zero-order valence-corrected chi connectivity index (χ0v) is 11.1. The molecule has 18 heavy (non-hydrogen) atoms. The Kier molecular flexibility index (Phi) is 5.91. The number of pyridine rings is 1. The van der Waals surface area contributed by atoms with Gasteiger partial charge < -0.3 is 10.6 Å². The molecule has 1 rings (SSSR count). The molecule has 0 saturated carbocycles. The van der Waals surface area contributed by atoms with Gasteiger partial charge in [0.1, 0.15) is 5.69 Å². The van der Waals surface area contributed by atoms with Gasteiger partial charge in [0.15, 0.2) is 0 Å². The summed E-state index contributed by atoms with van der Waals surface area (Å²) in [7, 11) is 0. The molecular weight excluding hydrogens is 226 g/mol. The summed E-state index contributed by atoms with van der Waals surface area (Å²) in [6.07, 6.45) is 4.37. The summed E-state index contributed by atoms with van der Waals surface area (Å²) in [6, 6.07) is 3.57. The lowest BCUT2D eigenvalue weighted by Crippen LogP contribution is -2.26. The summed E-state index contributed by atoms with van der Waals surface area (Å²) in [5.74, 6) is 0.455. The van der Waals surface area contributed by atoms with Crippen molar-refractivity contribution in [2.45, 2.75) is 20.3 Å². The molecule has 0 spiro atoms. The van der Waals surface area contributed by atoms with Gasteiger partial charge in [-0.25, -0.2) is 0 Å². The molecule has 1 aromatic rings. The van der Waals surface area contributed by atoms with Crippen LogP contribution < -0.4 is 10.6 Å². The van der Waals surface area contributed by atoms with Gasteiger partial charge in [-0.15, -0.1) is 6.58 Å². The molecule has 4 heteroatoms. The number of carbonyl (C=O) groups excluding carboxylic acids is 1. The molecule has 0 aliphatic rings. The Bertz CT molecular complexity index is 402. The van der Waals surface area contributed by atoms with Crippen LogP contribution in [0.1, 0.15) is 30.8 Å². The Morgan fingerprint density at radius 2 is 2.33 bits per heavy atom. The van der Waals surface area contributed by atoms with Crippen molar-refractivity contribution in [3.63, 3.8) is 0 Å². The van der Waals surface area contributed by atoms with Crippen molar-refractivity contribution >= 4 is 11.6 Å². The van der Waals surface area contributed by atoms with Crippen LogP contribution in [-0.4, -0.2) is 24.0 Å². The summed E-state index contributed by atoms with van der Waals surface area (Å²) in [6.45, 7) is 9.24. The minimum atomic E-state index is -0.127. The number of amides is 1. The molecule has 0 aliphatic heterocycles. The van der Waals surface area contributed by atoms with Crippen LogP contribution in [0.15, 0.2) is 31.0 Å². The molecule has 98 valence electrons. The van der Waals surface area contributed by atoms with Crippen LogP contribution in [0.5, 0.6) is 0 Å². The van der Waals surface area contributed by atoms with Crippen LogP contribution in [-0.2, 0) is 0 Å². The van der Waals surface area contributed by atoms with E-state index in [0.717, 1.165) is 12.1 Å². The lowest BCUT2D eigenvalue weighted by molar-refractivity contribution is 0.0947. The average Bonchev–Trinajstić information content (AvgIpc) is 2.36. The van der Waals surface area contributed by atoms with E-state index in [1.54, 1.807) is 18.3 Å². The van der Waals surface area contributed by atoms with Crippen molar-refractivity contribution < 1.29 is 4.79 Å². The predicted molar refractivity (Wildman–Crippen MR) is 74.7 cm³/mol. The highest BCUT2D eigenvalue weighted by Gasteiger charge is 2.07. The molecule has 1 heterocycles. The Balaban J connectivity index is 2.54. The fourth-order valence-corrected chi connectivity index (χ4v) is 1.42. The van der Waals surface area contributed by atoms with E-state index in [4.69, 9.17) is 0 Å². The van der Waals surface area contributed by atoms with Crippen LogP contribution in [0.2, 0.25) is 0 Å². The Labute approximate surface area is 109 Å². The fraction of sp³-hybridized carbons (Fsp3) is 0.429. The van der Waals surface area contributed by atoms with Crippen molar-refractivity contribution in [1.82, 2.24) is 10.3 Å². The summed E-state index contributed by atoms with van der Waals surface area (Å²) >= 11 is 0. The molecule has 0 atom stereocenters. The van der Waals surface area contributed by atoms with Gasteiger partial charge in [-0.3, -0.25) is 9.78 Å². The van der Waals surface area contributed by atoms with Gasteiger partial charge in [0.05, 0.1) is 0 Å². The number of nitrogens with zero attached hydrogens (tertiary/aromatic N) is 1. The molecule has 1 aromatic heterocycles. The highest BCUT2D eigenvalue weighted by Crippen LogP contribution is 2.07. The highest BCUT2D eigenvalue weighted by molar-refractivity contribution is 5.93. The minimum Gasteiger partial charge on any atom is -0.381 e. The third kappa shape index (κ3) is 4.99. The highest BCUT2D eigenvalue weighted by atomic mass is 16.1. The number of hydrogen-bond acceptors (Lipinski definition) is 3. The molecule has 4 nitrogen and oxygen atoms in total. The van der Waals surface area contributed by atoms with E-state index < -0.39 is 0 Å². The van der Waals surface area contributed by atoms with E-state index in [-0.39, 0.29) is 5.91 Å². The second kappa shape index (κ2) is 7.48. The van der Waals surface area contributed by atoms with Gasteiger partial charge in [-0.1, -0.05) is 19.9 Å². The first-order chi connectivity index (χ1) is 8.63. The van der Waals surface area contributed by atoms with Crippen LogP contribution in [0.4, 0.5) is 5.69 Å². The van der Waals surface area contributed by atoms with Gasteiger partial charge in [0.2, 0.25) is 0 Å². The van der Waals surface area contributed by atoms with Crippen molar-refractivity contribution in [2.75, 3.05) is 18.4 Å². The largest absolute Gasteiger partial charge is 0.381 e. The van der Waals surface area contributed by atoms with Crippen LogP contribution in [0, 0.1) is 5.92 Å². The summed E-state index contributed by atoms with van der Waals surface area (Å²) in [4.78, 5) is 15.9. The Morgan fingerprint density at radius 3 is 3.00 bits per heavy atom. The second-order valence-electron chi connectivity index (χ2n) is 4.54. The van der Waals surface area contributed by atoms with Crippen molar-refractivity contribution in [2.24, 2.45) is 5.92 Å². The van der Waals surface area contributed by atoms with E-state index in [9.17, 15) is 4.79 Å². The summed E-state index contributed by atoms with van der Waals surface area (Å²) in [5.41, 5.74) is 1.31. The lowest BCUT2D eigenvalue weighted by Gasteiger charge is -2.08. The molecule has 1 amide bonds. The molecule has 2 N–H and O–H groups in total. The molecule has 0 aliphatic carbocycles. The number of aromatic nitrogens is 1. The van der Waals surface area contributed by atoms with Gasteiger partial charge in [-0.2, -0.15) is 0 Å². The first-order valence-electron chi connectivity index (χ1n) is 6.22. The quantitative estimate of drug-likeness (QED) is 0.728. The van der Waals surface area contributed by atoms with Gasteiger partial charge in [-0.05, 0) is 24.5 Å². The zero-order valence-electron chi connectivity index (χ0n) is 11.1. The van der Waals surface area contributed by atoms with E-state index in [1.807, 2.05) is 6.07 Å². The van der Waals surface area contributed by atoms with Gasteiger partial charge >= 0.3 is 0 Å². The summed E-state index contributed by atoms with van der Waals surface area (Å²) in [5, 5.41) is 5.99. The molecule has 0 radical (unpaired) electrons. The topological polar surface area (TPSA) is 54.0 Å². The molecule has 0 aromatic carbocycles. The maximum Gasteiger partial charge on any atom is 0.269 e. The standard InChI is InChI=1S/C14H21N3O/c1-4-7-15-12-6-9-16-13(10-12)14(18)17-8-5-11(2)3/h4,6,9-11H,1,5,7-8H2,2-3H3,(H,15,16)(H,17,18). The predicted octanol–water partition coefficient (Wildman–Crippen LogP) is 2.46. The maximum absolute atomic E-state index is 11.8. The first-order valence-corrected chi connectivity index (χ1v) is 6.22. The lowest BCUT2D eigenvalue weighted by atomic mass is 10.1. The first kappa shape index (κ1) is 14.2. The van der Waals surface area contributed by atoms with E-state index in [2.05, 4.69) is 36.0 Å². The van der Waals surface area contributed by atoms with Crippen LogP contribution in [0.3, 0.4) is 0 Å². The molecule has 0 fully saturated rings. The average molecular weight is 247 g/mol. The fourth-order valence-electron chi connectivity index (χ4n) is 1.42.